The summed E-state index contributed by atoms with van der Waals surface area (Å²) >= 11 is 0. The maximum absolute atomic E-state index is 13.1. The molecule has 1 saturated carbocycles. The van der Waals surface area contributed by atoms with Gasteiger partial charge in [-0.2, -0.15) is 0 Å². The van der Waals surface area contributed by atoms with E-state index >= 15 is 0 Å². The SMILES string of the molecule is Cc1cc(C)cc(CN2CCCN(c3ccc(NC(=O)C4CCC4)cc3)C2=O)c1. The molecular formula is C24H29N3O2. The van der Waals surface area contributed by atoms with E-state index in [2.05, 4.69) is 37.4 Å². The van der Waals surface area contributed by atoms with E-state index in [0.29, 0.717) is 6.54 Å². The minimum atomic E-state index is 0.0432. The van der Waals surface area contributed by atoms with Gasteiger partial charge in [-0.3, -0.25) is 9.69 Å². The lowest BCUT2D eigenvalue weighted by Gasteiger charge is -2.36. The fourth-order valence-corrected chi connectivity index (χ4v) is 4.19. The largest absolute Gasteiger partial charge is 0.326 e. The molecule has 1 N–H and O–H groups in total. The molecule has 0 bridgehead atoms. The number of benzene rings is 2. The molecule has 2 aromatic carbocycles. The quantitative estimate of drug-likeness (QED) is 0.790. The summed E-state index contributed by atoms with van der Waals surface area (Å²) in [4.78, 5) is 29.0. The number of amides is 3. The van der Waals surface area contributed by atoms with Gasteiger partial charge in [0.05, 0.1) is 0 Å². The van der Waals surface area contributed by atoms with Gasteiger partial charge in [0.25, 0.3) is 0 Å². The van der Waals surface area contributed by atoms with Crippen LogP contribution in [0.5, 0.6) is 0 Å². The van der Waals surface area contributed by atoms with Gasteiger partial charge in [0.2, 0.25) is 5.91 Å². The number of hydrogen-bond acceptors (Lipinski definition) is 2. The molecule has 5 heteroatoms. The molecule has 1 aliphatic heterocycles. The highest BCUT2D eigenvalue weighted by Gasteiger charge is 2.27. The Labute approximate surface area is 172 Å². The van der Waals surface area contributed by atoms with Gasteiger partial charge in [0, 0.05) is 36.9 Å². The average Bonchev–Trinajstić information content (AvgIpc) is 2.62. The lowest BCUT2D eigenvalue weighted by molar-refractivity contribution is -0.122. The maximum Gasteiger partial charge on any atom is 0.324 e. The number of aryl methyl sites for hydroxylation is 2. The maximum atomic E-state index is 13.1. The van der Waals surface area contributed by atoms with E-state index < -0.39 is 0 Å². The third-order valence-electron chi connectivity index (χ3n) is 5.89. The Morgan fingerprint density at radius 3 is 2.31 bits per heavy atom. The molecule has 152 valence electrons. The zero-order valence-corrected chi connectivity index (χ0v) is 17.3. The van der Waals surface area contributed by atoms with E-state index in [0.717, 1.165) is 50.1 Å². The van der Waals surface area contributed by atoms with Gasteiger partial charge in [-0.1, -0.05) is 35.7 Å². The smallest absolute Gasteiger partial charge is 0.324 e. The number of urea groups is 1. The van der Waals surface area contributed by atoms with Gasteiger partial charge in [0.1, 0.15) is 0 Å². The average molecular weight is 392 g/mol. The molecule has 3 amide bonds. The second kappa shape index (κ2) is 8.27. The molecule has 1 saturated heterocycles. The standard InChI is InChI=1S/C24H29N3O2/c1-17-13-18(2)15-19(14-17)16-26-11-4-12-27(24(26)29)22-9-7-21(8-10-22)25-23(28)20-5-3-6-20/h7-10,13-15,20H,3-6,11-12,16H2,1-2H3,(H,25,28). The van der Waals surface area contributed by atoms with Gasteiger partial charge in [-0.05, 0) is 62.9 Å². The van der Waals surface area contributed by atoms with E-state index in [1.807, 2.05) is 34.1 Å². The summed E-state index contributed by atoms with van der Waals surface area (Å²) in [6.45, 7) is 6.31. The highest BCUT2D eigenvalue weighted by molar-refractivity contribution is 5.95. The van der Waals surface area contributed by atoms with Crippen molar-refractivity contribution in [2.24, 2.45) is 5.92 Å². The first kappa shape index (κ1) is 19.5. The lowest BCUT2D eigenvalue weighted by Crippen LogP contribution is -2.49. The molecule has 2 aromatic rings. The van der Waals surface area contributed by atoms with Gasteiger partial charge < -0.3 is 10.2 Å². The summed E-state index contributed by atoms with van der Waals surface area (Å²) in [5.74, 6) is 0.273. The topological polar surface area (TPSA) is 52.6 Å². The summed E-state index contributed by atoms with van der Waals surface area (Å²) in [7, 11) is 0. The Bertz CT molecular complexity index is 883. The fraction of sp³-hybridized carbons (Fsp3) is 0.417. The van der Waals surface area contributed by atoms with Crippen LogP contribution < -0.4 is 10.2 Å². The zero-order valence-electron chi connectivity index (χ0n) is 17.3. The number of rotatable bonds is 5. The van der Waals surface area contributed by atoms with Crippen molar-refractivity contribution in [2.75, 3.05) is 23.3 Å². The first-order chi connectivity index (χ1) is 14.0. The molecule has 0 spiro atoms. The third-order valence-corrected chi connectivity index (χ3v) is 5.89. The van der Waals surface area contributed by atoms with Crippen LogP contribution in [0, 0.1) is 19.8 Å². The van der Waals surface area contributed by atoms with Crippen LogP contribution in [0.4, 0.5) is 16.2 Å². The van der Waals surface area contributed by atoms with Crippen molar-refractivity contribution < 1.29 is 9.59 Å². The van der Waals surface area contributed by atoms with Gasteiger partial charge in [-0.15, -0.1) is 0 Å². The van der Waals surface area contributed by atoms with E-state index in [4.69, 9.17) is 0 Å². The predicted molar refractivity (Wildman–Crippen MR) is 116 cm³/mol. The summed E-state index contributed by atoms with van der Waals surface area (Å²) in [6.07, 6.45) is 4.06. The first-order valence-electron chi connectivity index (χ1n) is 10.5. The number of nitrogens with one attached hydrogen (secondary N) is 1. The first-order valence-corrected chi connectivity index (χ1v) is 10.5. The van der Waals surface area contributed by atoms with E-state index in [-0.39, 0.29) is 17.9 Å². The van der Waals surface area contributed by atoms with Crippen LogP contribution >= 0.6 is 0 Å². The van der Waals surface area contributed by atoms with Crippen LogP contribution in [0.2, 0.25) is 0 Å². The van der Waals surface area contributed by atoms with Crippen LogP contribution in [-0.2, 0) is 11.3 Å². The highest BCUT2D eigenvalue weighted by Crippen LogP contribution is 2.28. The van der Waals surface area contributed by atoms with Crippen LogP contribution in [0.1, 0.15) is 42.4 Å². The van der Waals surface area contributed by atoms with Crippen LogP contribution in [0.3, 0.4) is 0 Å². The normalized spacial score (nSPS) is 17.2. The Morgan fingerprint density at radius 1 is 1.00 bits per heavy atom. The highest BCUT2D eigenvalue weighted by atomic mass is 16.2. The minimum Gasteiger partial charge on any atom is -0.326 e. The van der Waals surface area contributed by atoms with Crippen molar-refractivity contribution in [1.82, 2.24) is 4.90 Å². The van der Waals surface area contributed by atoms with Crippen molar-refractivity contribution in [3.63, 3.8) is 0 Å². The number of anilines is 2. The molecule has 0 unspecified atom stereocenters. The molecular weight excluding hydrogens is 362 g/mol. The molecule has 2 fully saturated rings. The monoisotopic (exact) mass is 391 g/mol. The molecule has 29 heavy (non-hydrogen) atoms. The molecule has 1 heterocycles. The molecule has 2 aliphatic rings. The lowest BCUT2D eigenvalue weighted by atomic mass is 9.85. The zero-order chi connectivity index (χ0) is 20.4. The number of carbonyl (C=O) groups excluding carboxylic acids is 2. The van der Waals surface area contributed by atoms with Crippen LogP contribution in [-0.4, -0.2) is 29.9 Å². The van der Waals surface area contributed by atoms with E-state index in [1.54, 1.807) is 0 Å². The summed E-state index contributed by atoms with van der Waals surface area (Å²) in [5.41, 5.74) is 5.29. The van der Waals surface area contributed by atoms with Gasteiger partial charge in [-0.25, -0.2) is 4.79 Å². The summed E-state index contributed by atoms with van der Waals surface area (Å²) in [5, 5.41) is 2.98. The minimum absolute atomic E-state index is 0.0432. The molecule has 5 nitrogen and oxygen atoms in total. The van der Waals surface area contributed by atoms with Gasteiger partial charge in [0.15, 0.2) is 0 Å². The van der Waals surface area contributed by atoms with Crippen molar-refractivity contribution >= 4 is 23.3 Å². The van der Waals surface area contributed by atoms with E-state index in [1.165, 1.54) is 16.7 Å². The van der Waals surface area contributed by atoms with Crippen LogP contribution in [0.15, 0.2) is 42.5 Å². The summed E-state index contributed by atoms with van der Waals surface area (Å²) < 4.78 is 0. The van der Waals surface area contributed by atoms with Crippen molar-refractivity contribution in [2.45, 2.75) is 46.1 Å². The molecule has 4 rings (SSSR count). The Morgan fingerprint density at radius 2 is 1.69 bits per heavy atom. The van der Waals surface area contributed by atoms with Crippen molar-refractivity contribution in [3.8, 4) is 0 Å². The summed E-state index contributed by atoms with van der Waals surface area (Å²) in [6, 6.07) is 14.1. The van der Waals surface area contributed by atoms with Crippen LogP contribution in [0.25, 0.3) is 0 Å². The molecule has 0 aromatic heterocycles. The Kier molecular flexibility index (Phi) is 5.56. The Balaban J connectivity index is 1.42. The number of nitrogens with zero attached hydrogens (tertiary/aromatic N) is 2. The van der Waals surface area contributed by atoms with Crippen molar-refractivity contribution in [1.29, 1.82) is 0 Å². The number of hydrogen-bond donors (Lipinski definition) is 1. The van der Waals surface area contributed by atoms with Gasteiger partial charge >= 0.3 is 6.03 Å². The second-order valence-electron chi connectivity index (χ2n) is 8.37. The Hall–Kier alpha value is -2.82. The predicted octanol–water partition coefficient (Wildman–Crippen LogP) is 4.87. The van der Waals surface area contributed by atoms with E-state index in [9.17, 15) is 9.59 Å². The number of carbonyl (C=O) groups is 2. The molecule has 0 radical (unpaired) electrons. The second-order valence-corrected chi connectivity index (χ2v) is 8.37. The molecule has 0 atom stereocenters. The molecule has 1 aliphatic carbocycles. The fourth-order valence-electron chi connectivity index (χ4n) is 4.19. The third kappa shape index (κ3) is 4.44. The van der Waals surface area contributed by atoms with Crippen molar-refractivity contribution in [3.05, 3.63) is 59.2 Å².